The quantitative estimate of drug-likeness (QED) is 0.559. The minimum atomic E-state index is -0.322. The van der Waals surface area contributed by atoms with Gasteiger partial charge in [-0.3, -0.25) is 10.2 Å². The molecule has 128 valence electrons. The molecule has 0 bridgehead atoms. The number of rotatable bonds is 3. The highest BCUT2D eigenvalue weighted by atomic mass is 79.9. The van der Waals surface area contributed by atoms with Gasteiger partial charge in [-0.1, -0.05) is 27.7 Å². The smallest absolute Gasteiger partial charge is 0.285 e. The first kappa shape index (κ1) is 17.8. The summed E-state index contributed by atoms with van der Waals surface area (Å²) >= 11 is 9.76. The van der Waals surface area contributed by atoms with Crippen LogP contribution in [-0.2, 0) is 4.79 Å². The molecule has 2 heterocycles. The summed E-state index contributed by atoms with van der Waals surface area (Å²) in [5.41, 5.74) is 4.95. The third kappa shape index (κ3) is 4.00. The number of hydrogen-bond donors (Lipinski definition) is 2. The summed E-state index contributed by atoms with van der Waals surface area (Å²) < 4.78 is 1.14. The number of benzene rings is 1. The van der Waals surface area contributed by atoms with Gasteiger partial charge in [-0.15, -0.1) is 0 Å². The van der Waals surface area contributed by atoms with E-state index < -0.39 is 0 Å². The largest absolute Gasteiger partial charge is 0.507 e. The molecule has 6 nitrogen and oxygen atoms in total. The summed E-state index contributed by atoms with van der Waals surface area (Å²) in [6.45, 7) is 3.69. The van der Waals surface area contributed by atoms with E-state index in [-0.39, 0.29) is 11.7 Å². The summed E-state index contributed by atoms with van der Waals surface area (Å²) in [4.78, 5) is 21.5. The standard InChI is InChI=1S/C16H13BrN4O2S2/c1-8-5-9(2)19-15(18-8)20-21-14(23)13(25-16(21)24)7-10-6-11(17)3-4-12(10)22/h3-7,22H,1-2H3,(H,18,19,20). The molecule has 0 saturated carbocycles. The first-order valence-electron chi connectivity index (χ1n) is 7.19. The van der Waals surface area contributed by atoms with Gasteiger partial charge >= 0.3 is 0 Å². The highest BCUT2D eigenvalue weighted by molar-refractivity contribution is 9.10. The highest BCUT2D eigenvalue weighted by Crippen LogP contribution is 2.34. The fraction of sp³-hybridized carbons (Fsp3) is 0.125. The maximum absolute atomic E-state index is 12.6. The van der Waals surface area contributed by atoms with E-state index in [1.54, 1.807) is 24.3 Å². The van der Waals surface area contributed by atoms with E-state index in [0.29, 0.717) is 20.7 Å². The Morgan fingerprint density at radius 3 is 2.64 bits per heavy atom. The van der Waals surface area contributed by atoms with E-state index in [2.05, 4.69) is 31.3 Å². The average molecular weight is 437 g/mol. The fourth-order valence-corrected chi connectivity index (χ4v) is 3.77. The zero-order valence-electron chi connectivity index (χ0n) is 13.3. The van der Waals surface area contributed by atoms with Crippen LogP contribution in [0.5, 0.6) is 5.75 Å². The Morgan fingerprint density at radius 1 is 1.28 bits per heavy atom. The zero-order valence-corrected chi connectivity index (χ0v) is 16.5. The van der Waals surface area contributed by atoms with Crippen LogP contribution in [0.25, 0.3) is 6.08 Å². The van der Waals surface area contributed by atoms with Crippen LogP contribution >= 0.6 is 39.9 Å². The molecule has 1 aromatic carbocycles. The van der Waals surface area contributed by atoms with Crippen LogP contribution in [-0.4, -0.2) is 30.3 Å². The van der Waals surface area contributed by atoms with E-state index in [9.17, 15) is 9.90 Å². The first-order valence-corrected chi connectivity index (χ1v) is 9.20. The second-order valence-corrected chi connectivity index (χ2v) is 7.90. The SMILES string of the molecule is Cc1cc(C)nc(NN2C(=O)C(=Cc3cc(Br)ccc3O)SC2=S)n1. The fourth-order valence-electron chi connectivity index (χ4n) is 2.22. The van der Waals surface area contributed by atoms with Gasteiger partial charge in [0.25, 0.3) is 5.91 Å². The van der Waals surface area contributed by atoms with Crippen LogP contribution in [0.2, 0.25) is 0 Å². The number of phenols is 1. The van der Waals surface area contributed by atoms with Crippen molar-refractivity contribution in [1.29, 1.82) is 0 Å². The summed E-state index contributed by atoms with van der Waals surface area (Å²) in [7, 11) is 0. The number of halogens is 1. The summed E-state index contributed by atoms with van der Waals surface area (Å²) in [6, 6.07) is 6.84. The molecule has 0 aliphatic carbocycles. The lowest BCUT2D eigenvalue weighted by Crippen LogP contribution is -2.34. The number of aryl methyl sites for hydroxylation is 2. The summed E-state index contributed by atoms with van der Waals surface area (Å²) in [5, 5.41) is 11.2. The van der Waals surface area contributed by atoms with Crippen molar-refractivity contribution in [3.63, 3.8) is 0 Å². The van der Waals surface area contributed by atoms with Crippen LogP contribution in [0.1, 0.15) is 17.0 Å². The normalized spacial score (nSPS) is 16.0. The van der Waals surface area contributed by atoms with Crippen molar-refractivity contribution < 1.29 is 9.90 Å². The number of phenolic OH excluding ortho intramolecular Hbond substituents is 1. The number of anilines is 1. The van der Waals surface area contributed by atoms with Crippen LogP contribution < -0.4 is 5.43 Å². The minimum absolute atomic E-state index is 0.0825. The lowest BCUT2D eigenvalue weighted by molar-refractivity contribution is -0.121. The monoisotopic (exact) mass is 436 g/mol. The molecule has 2 N–H and O–H groups in total. The number of hydrogen-bond acceptors (Lipinski definition) is 7. The van der Waals surface area contributed by atoms with Crippen LogP contribution in [0.4, 0.5) is 5.95 Å². The summed E-state index contributed by atoms with van der Waals surface area (Å²) in [5.74, 6) is 0.0663. The Bertz CT molecular complexity index is 897. The molecule has 9 heteroatoms. The molecular formula is C16H13BrN4O2S2. The predicted molar refractivity (Wildman–Crippen MR) is 106 cm³/mol. The van der Waals surface area contributed by atoms with Crippen molar-refractivity contribution in [1.82, 2.24) is 15.0 Å². The predicted octanol–water partition coefficient (Wildman–Crippen LogP) is 3.79. The second kappa shape index (κ2) is 7.11. The molecule has 1 aliphatic rings. The van der Waals surface area contributed by atoms with E-state index in [1.165, 1.54) is 5.01 Å². The van der Waals surface area contributed by atoms with Gasteiger partial charge in [0.15, 0.2) is 4.32 Å². The molecule has 1 aromatic heterocycles. The molecule has 1 saturated heterocycles. The van der Waals surface area contributed by atoms with Crippen molar-refractivity contribution in [3.05, 3.63) is 50.6 Å². The van der Waals surface area contributed by atoms with Crippen molar-refractivity contribution in [3.8, 4) is 5.75 Å². The van der Waals surface area contributed by atoms with E-state index in [1.807, 2.05) is 19.9 Å². The van der Waals surface area contributed by atoms with Gasteiger partial charge in [0, 0.05) is 21.4 Å². The average Bonchev–Trinajstić information content (AvgIpc) is 2.78. The molecular weight excluding hydrogens is 424 g/mol. The minimum Gasteiger partial charge on any atom is -0.507 e. The third-order valence-corrected chi connectivity index (χ3v) is 5.06. The molecule has 1 fully saturated rings. The maximum Gasteiger partial charge on any atom is 0.285 e. The molecule has 0 spiro atoms. The maximum atomic E-state index is 12.6. The number of carbonyl (C=O) groups excluding carboxylic acids is 1. The number of aromatic hydroxyl groups is 1. The Morgan fingerprint density at radius 2 is 1.96 bits per heavy atom. The van der Waals surface area contributed by atoms with Gasteiger partial charge in [0.2, 0.25) is 5.95 Å². The number of nitrogens with one attached hydrogen (secondary N) is 1. The van der Waals surface area contributed by atoms with E-state index in [0.717, 1.165) is 27.6 Å². The van der Waals surface area contributed by atoms with Gasteiger partial charge in [0.05, 0.1) is 4.91 Å². The molecule has 25 heavy (non-hydrogen) atoms. The number of hydrazine groups is 1. The lowest BCUT2D eigenvalue weighted by Gasteiger charge is -2.16. The van der Waals surface area contributed by atoms with Gasteiger partial charge < -0.3 is 5.11 Å². The first-order chi connectivity index (χ1) is 11.8. The molecule has 2 aromatic rings. The number of nitrogens with zero attached hydrogens (tertiary/aromatic N) is 3. The Kier molecular flexibility index (Phi) is 5.07. The van der Waals surface area contributed by atoms with Crippen molar-refractivity contribution >= 4 is 62.2 Å². The number of carbonyl (C=O) groups is 1. The zero-order chi connectivity index (χ0) is 18.1. The van der Waals surface area contributed by atoms with Crippen molar-refractivity contribution in [2.24, 2.45) is 0 Å². The number of aromatic nitrogens is 2. The molecule has 0 atom stereocenters. The molecule has 0 radical (unpaired) electrons. The molecule has 0 unspecified atom stereocenters. The Hall–Kier alpha value is -1.97. The van der Waals surface area contributed by atoms with Gasteiger partial charge in [-0.05, 0) is 56.4 Å². The highest BCUT2D eigenvalue weighted by Gasteiger charge is 2.33. The van der Waals surface area contributed by atoms with E-state index >= 15 is 0 Å². The Labute approximate surface area is 162 Å². The van der Waals surface area contributed by atoms with E-state index in [4.69, 9.17) is 12.2 Å². The van der Waals surface area contributed by atoms with Gasteiger partial charge in [-0.2, -0.15) is 5.01 Å². The van der Waals surface area contributed by atoms with Crippen molar-refractivity contribution in [2.45, 2.75) is 13.8 Å². The van der Waals surface area contributed by atoms with Crippen molar-refractivity contribution in [2.75, 3.05) is 5.43 Å². The lowest BCUT2D eigenvalue weighted by atomic mass is 10.2. The number of thiocarbonyl (C=S) groups is 1. The third-order valence-electron chi connectivity index (χ3n) is 3.26. The van der Waals surface area contributed by atoms with Gasteiger partial charge in [0.1, 0.15) is 5.75 Å². The van der Waals surface area contributed by atoms with Gasteiger partial charge in [-0.25, -0.2) is 9.97 Å². The van der Waals surface area contributed by atoms with Crippen LogP contribution in [0, 0.1) is 13.8 Å². The second-order valence-electron chi connectivity index (χ2n) is 5.31. The van der Waals surface area contributed by atoms with Crippen LogP contribution in [0.3, 0.4) is 0 Å². The Balaban J connectivity index is 1.87. The molecule has 1 amide bonds. The van der Waals surface area contributed by atoms with Crippen LogP contribution in [0.15, 0.2) is 33.6 Å². The number of amides is 1. The topological polar surface area (TPSA) is 78.4 Å². The molecule has 3 rings (SSSR count). The molecule has 1 aliphatic heterocycles. The number of thioether (sulfide) groups is 1. The summed E-state index contributed by atoms with van der Waals surface area (Å²) in [6.07, 6.45) is 1.60.